The van der Waals surface area contributed by atoms with Gasteiger partial charge in [0.1, 0.15) is 0 Å². The second-order valence-electron chi connectivity index (χ2n) is 3.81. The summed E-state index contributed by atoms with van der Waals surface area (Å²) in [5, 5.41) is 0. The normalized spacial score (nSPS) is 14.3. The van der Waals surface area contributed by atoms with Crippen LogP contribution in [-0.4, -0.2) is 16.5 Å². The summed E-state index contributed by atoms with van der Waals surface area (Å²) in [6.45, 7) is 10.3. The number of rotatable bonds is 5. The molecule has 72 valence electrons. The lowest BCUT2D eigenvalue weighted by Gasteiger charge is -2.21. The van der Waals surface area contributed by atoms with E-state index in [1.807, 2.05) is 17.8 Å². The van der Waals surface area contributed by atoms with Crippen molar-refractivity contribution in [2.45, 2.75) is 38.0 Å². The smallest absolute Gasteiger partial charge is 0.0335 e. The van der Waals surface area contributed by atoms with Gasteiger partial charge in [-0.25, -0.2) is 0 Å². The van der Waals surface area contributed by atoms with Crippen molar-refractivity contribution >= 4 is 11.8 Å². The summed E-state index contributed by atoms with van der Waals surface area (Å²) in [5.41, 5.74) is 2.78. The highest BCUT2D eigenvalue weighted by atomic mass is 32.2. The van der Waals surface area contributed by atoms with Crippen LogP contribution in [0.25, 0.3) is 0 Å². The Kier molecular flexibility index (Phi) is 5.63. The molecule has 0 saturated carbocycles. The van der Waals surface area contributed by atoms with Crippen LogP contribution >= 0.6 is 11.8 Å². The Bertz CT molecular complexity index is 129. The van der Waals surface area contributed by atoms with E-state index in [1.54, 1.807) is 0 Å². The predicted molar refractivity (Wildman–Crippen MR) is 58.1 cm³/mol. The number of hydrogen-bond donors (Lipinski definition) is 2. The summed E-state index contributed by atoms with van der Waals surface area (Å²) in [6, 6.07) is 0.353. The number of nitrogens with one attached hydrogen (secondary N) is 1. The van der Waals surface area contributed by atoms with Gasteiger partial charge in [0.2, 0.25) is 0 Å². The first-order chi connectivity index (χ1) is 5.49. The maximum absolute atomic E-state index is 5.38. The Hall–Kier alpha value is 0.01000. The fraction of sp³-hybridized carbons (Fsp3) is 0.778. The fourth-order valence-electron chi connectivity index (χ4n) is 0.736. The van der Waals surface area contributed by atoms with Crippen molar-refractivity contribution in [2.24, 2.45) is 5.84 Å². The van der Waals surface area contributed by atoms with Crippen molar-refractivity contribution in [1.29, 1.82) is 0 Å². The highest BCUT2D eigenvalue weighted by Gasteiger charge is 2.13. The molecule has 2 nitrogen and oxygen atoms in total. The van der Waals surface area contributed by atoms with Crippen molar-refractivity contribution in [3.8, 4) is 0 Å². The van der Waals surface area contributed by atoms with Gasteiger partial charge in [0.15, 0.2) is 0 Å². The van der Waals surface area contributed by atoms with Crippen LogP contribution in [0.5, 0.6) is 0 Å². The standard InChI is InChI=1S/C9H20N2S/c1-5-6-8(11-10)7-12-9(2,3)4/h5,8,11H,1,6-7,10H2,2-4H3. The average Bonchev–Trinajstić information content (AvgIpc) is 1.96. The summed E-state index contributed by atoms with van der Waals surface area (Å²) < 4.78 is 0.316. The molecule has 0 fully saturated rings. The molecule has 0 saturated heterocycles. The fourth-order valence-corrected chi connectivity index (χ4v) is 1.67. The van der Waals surface area contributed by atoms with Gasteiger partial charge in [-0.05, 0) is 6.42 Å². The molecule has 0 amide bonds. The molecule has 0 aromatic rings. The molecule has 1 unspecified atom stereocenters. The Labute approximate surface area is 80.0 Å². The van der Waals surface area contributed by atoms with E-state index in [-0.39, 0.29) is 0 Å². The lowest BCUT2D eigenvalue weighted by Crippen LogP contribution is -2.37. The molecule has 1 atom stereocenters. The molecule has 0 aliphatic rings. The number of hydrazine groups is 1. The molecular formula is C9H20N2S. The van der Waals surface area contributed by atoms with Crippen molar-refractivity contribution in [3.05, 3.63) is 12.7 Å². The molecule has 0 aromatic carbocycles. The van der Waals surface area contributed by atoms with Crippen LogP contribution in [0, 0.1) is 0 Å². The van der Waals surface area contributed by atoms with Gasteiger partial charge in [0.05, 0.1) is 0 Å². The second kappa shape index (κ2) is 5.62. The summed E-state index contributed by atoms with van der Waals surface area (Å²) in [7, 11) is 0. The third-order valence-electron chi connectivity index (χ3n) is 1.40. The molecule has 0 aliphatic carbocycles. The van der Waals surface area contributed by atoms with E-state index >= 15 is 0 Å². The number of hydrogen-bond acceptors (Lipinski definition) is 3. The SMILES string of the molecule is C=CCC(CSC(C)(C)C)NN. The first-order valence-electron chi connectivity index (χ1n) is 4.20. The second-order valence-corrected chi connectivity index (χ2v) is 5.66. The van der Waals surface area contributed by atoms with Gasteiger partial charge in [-0.15, -0.1) is 6.58 Å². The van der Waals surface area contributed by atoms with Crippen molar-refractivity contribution in [3.63, 3.8) is 0 Å². The van der Waals surface area contributed by atoms with Crippen molar-refractivity contribution < 1.29 is 0 Å². The van der Waals surface area contributed by atoms with Gasteiger partial charge in [-0.3, -0.25) is 11.3 Å². The molecule has 0 aromatic heterocycles. The number of thioether (sulfide) groups is 1. The molecule has 0 aliphatic heterocycles. The largest absolute Gasteiger partial charge is 0.271 e. The molecular weight excluding hydrogens is 168 g/mol. The van der Waals surface area contributed by atoms with Gasteiger partial charge in [0.25, 0.3) is 0 Å². The maximum Gasteiger partial charge on any atom is 0.0335 e. The van der Waals surface area contributed by atoms with Crippen LogP contribution in [0.3, 0.4) is 0 Å². The quantitative estimate of drug-likeness (QED) is 0.393. The van der Waals surface area contributed by atoms with Crippen LogP contribution in [-0.2, 0) is 0 Å². The molecule has 3 heteroatoms. The summed E-state index contributed by atoms with van der Waals surface area (Å²) in [6.07, 6.45) is 2.83. The monoisotopic (exact) mass is 188 g/mol. The van der Waals surface area contributed by atoms with E-state index < -0.39 is 0 Å². The van der Waals surface area contributed by atoms with Gasteiger partial charge in [-0.2, -0.15) is 11.8 Å². The van der Waals surface area contributed by atoms with Crippen LogP contribution in [0.1, 0.15) is 27.2 Å². The van der Waals surface area contributed by atoms with Gasteiger partial charge >= 0.3 is 0 Å². The minimum Gasteiger partial charge on any atom is -0.271 e. The van der Waals surface area contributed by atoms with E-state index in [9.17, 15) is 0 Å². The maximum atomic E-state index is 5.38. The Balaban J connectivity index is 3.64. The van der Waals surface area contributed by atoms with E-state index in [4.69, 9.17) is 5.84 Å². The van der Waals surface area contributed by atoms with Crippen LogP contribution in [0.2, 0.25) is 0 Å². The predicted octanol–water partition coefficient (Wildman–Crippen LogP) is 1.93. The molecule has 0 spiro atoms. The van der Waals surface area contributed by atoms with E-state index in [0.29, 0.717) is 10.8 Å². The lowest BCUT2D eigenvalue weighted by atomic mass is 10.2. The van der Waals surface area contributed by atoms with Crippen LogP contribution < -0.4 is 11.3 Å². The Morgan fingerprint density at radius 1 is 1.58 bits per heavy atom. The molecule has 0 bridgehead atoms. The summed E-state index contributed by atoms with van der Waals surface area (Å²) in [5.74, 6) is 6.41. The Morgan fingerprint density at radius 2 is 2.17 bits per heavy atom. The van der Waals surface area contributed by atoms with Crippen LogP contribution in [0.15, 0.2) is 12.7 Å². The summed E-state index contributed by atoms with van der Waals surface area (Å²) >= 11 is 1.92. The Morgan fingerprint density at radius 3 is 2.50 bits per heavy atom. The van der Waals surface area contributed by atoms with Gasteiger partial charge in [0, 0.05) is 16.5 Å². The summed E-state index contributed by atoms with van der Waals surface area (Å²) in [4.78, 5) is 0. The number of nitrogens with two attached hydrogens (primary N) is 1. The van der Waals surface area contributed by atoms with Crippen LogP contribution in [0.4, 0.5) is 0 Å². The highest BCUT2D eigenvalue weighted by molar-refractivity contribution is 8.00. The lowest BCUT2D eigenvalue weighted by molar-refractivity contribution is 0.583. The zero-order valence-electron chi connectivity index (χ0n) is 8.26. The first-order valence-corrected chi connectivity index (χ1v) is 5.19. The zero-order chi connectivity index (χ0) is 9.61. The minimum atomic E-state index is 0.316. The zero-order valence-corrected chi connectivity index (χ0v) is 9.08. The first kappa shape index (κ1) is 12.0. The highest BCUT2D eigenvalue weighted by Crippen LogP contribution is 2.24. The van der Waals surface area contributed by atoms with Crippen molar-refractivity contribution in [1.82, 2.24) is 5.43 Å². The topological polar surface area (TPSA) is 38.0 Å². The van der Waals surface area contributed by atoms with E-state index in [0.717, 1.165) is 12.2 Å². The molecule has 0 rings (SSSR count). The third-order valence-corrected chi connectivity index (χ3v) is 2.84. The van der Waals surface area contributed by atoms with E-state index in [1.165, 1.54) is 0 Å². The van der Waals surface area contributed by atoms with Gasteiger partial charge < -0.3 is 0 Å². The minimum absolute atomic E-state index is 0.316. The van der Waals surface area contributed by atoms with Crippen molar-refractivity contribution in [2.75, 3.05) is 5.75 Å². The molecule has 0 heterocycles. The van der Waals surface area contributed by atoms with Gasteiger partial charge in [-0.1, -0.05) is 26.8 Å². The molecule has 12 heavy (non-hydrogen) atoms. The molecule has 3 N–H and O–H groups in total. The molecule has 0 radical (unpaired) electrons. The average molecular weight is 188 g/mol. The third kappa shape index (κ3) is 6.70. The van der Waals surface area contributed by atoms with E-state index in [2.05, 4.69) is 32.8 Å².